The Balaban J connectivity index is 2.18. The first-order chi connectivity index (χ1) is 7.16. The number of hydrogen-bond donors (Lipinski definition) is 1. The lowest BCUT2D eigenvalue weighted by molar-refractivity contribution is 0.122. The monoisotopic (exact) mass is 272 g/mol. The fourth-order valence-corrected chi connectivity index (χ4v) is 2.59. The lowest BCUT2D eigenvalue weighted by Crippen LogP contribution is -2.17. The quantitative estimate of drug-likeness (QED) is 0.828. The van der Waals surface area contributed by atoms with E-state index < -0.39 is 0 Å². The maximum Gasteiger partial charge on any atom is 0.126 e. The zero-order valence-corrected chi connectivity index (χ0v) is 10.0. The predicted molar refractivity (Wildman–Crippen MR) is 61.3 cm³/mol. The zero-order valence-electron chi connectivity index (χ0n) is 8.42. The maximum absolute atomic E-state index is 13.6. The Morgan fingerprint density at radius 1 is 1.20 bits per heavy atom. The van der Waals surface area contributed by atoms with E-state index >= 15 is 0 Å². The largest absolute Gasteiger partial charge is 0.393 e. The minimum atomic E-state index is -0.184. The van der Waals surface area contributed by atoms with Crippen LogP contribution in [0.3, 0.4) is 0 Å². The van der Waals surface area contributed by atoms with E-state index in [1.54, 1.807) is 6.07 Å². The van der Waals surface area contributed by atoms with E-state index in [1.807, 2.05) is 6.07 Å². The van der Waals surface area contributed by atoms with Gasteiger partial charge in [-0.3, -0.25) is 0 Å². The van der Waals surface area contributed by atoms with E-state index in [0.29, 0.717) is 0 Å². The van der Waals surface area contributed by atoms with Gasteiger partial charge >= 0.3 is 0 Å². The van der Waals surface area contributed by atoms with Crippen LogP contribution < -0.4 is 0 Å². The molecule has 0 aliphatic heterocycles. The van der Waals surface area contributed by atoms with Crippen molar-refractivity contribution in [2.75, 3.05) is 0 Å². The summed E-state index contributed by atoms with van der Waals surface area (Å²) in [6, 6.07) is 5.08. The smallest absolute Gasteiger partial charge is 0.126 e. The molecule has 1 aromatic rings. The molecule has 0 atom stereocenters. The van der Waals surface area contributed by atoms with E-state index in [0.717, 1.165) is 35.7 Å². The summed E-state index contributed by atoms with van der Waals surface area (Å²) in [6.45, 7) is 0. The van der Waals surface area contributed by atoms with E-state index in [1.165, 1.54) is 6.07 Å². The molecule has 1 saturated carbocycles. The van der Waals surface area contributed by atoms with Crippen molar-refractivity contribution >= 4 is 15.9 Å². The highest BCUT2D eigenvalue weighted by Gasteiger charge is 2.22. The van der Waals surface area contributed by atoms with E-state index in [-0.39, 0.29) is 17.8 Å². The molecule has 2 rings (SSSR count). The predicted octanol–water partition coefficient (Wildman–Crippen LogP) is 3.61. The molecule has 0 spiro atoms. The molecular weight excluding hydrogens is 259 g/mol. The highest BCUT2D eigenvalue weighted by molar-refractivity contribution is 9.10. The molecule has 1 fully saturated rings. The van der Waals surface area contributed by atoms with Crippen LogP contribution in [-0.2, 0) is 0 Å². The van der Waals surface area contributed by atoms with E-state index in [9.17, 15) is 9.50 Å². The fourth-order valence-electron chi connectivity index (χ4n) is 2.21. The van der Waals surface area contributed by atoms with Crippen molar-refractivity contribution in [3.8, 4) is 0 Å². The summed E-state index contributed by atoms with van der Waals surface area (Å²) in [7, 11) is 0. The van der Waals surface area contributed by atoms with Crippen LogP contribution in [0, 0.1) is 5.82 Å². The van der Waals surface area contributed by atoms with Gasteiger partial charge in [0.15, 0.2) is 0 Å². The molecule has 0 bridgehead atoms. The Kier molecular flexibility index (Phi) is 3.42. The second kappa shape index (κ2) is 4.62. The van der Waals surface area contributed by atoms with Gasteiger partial charge < -0.3 is 5.11 Å². The third-order valence-corrected chi connectivity index (χ3v) is 3.59. The second-order valence-electron chi connectivity index (χ2n) is 4.17. The molecule has 82 valence electrons. The maximum atomic E-state index is 13.6. The molecule has 1 nitrogen and oxygen atoms in total. The molecule has 1 aromatic carbocycles. The molecule has 1 aliphatic carbocycles. The topological polar surface area (TPSA) is 20.2 Å². The van der Waals surface area contributed by atoms with Gasteiger partial charge in [-0.05, 0) is 55.4 Å². The van der Waals surface area contributed by atoms with Crippen molar-refractivity contribution in [1.82, 2.24) is 0 Å². The summed E-state index contributed by atoms with van der Waals surface area (Å²) >= 11 is 3.36. The van der Waals surface area contributed by atoms with Crippen molar-refractivity contribution in [3.63, 3.8) is 0 Å². The molecule has 3 heteroatoms. The molecular formula is C12H14BrFO. The number of hydrogen-bond acceptors (Lipinski definition) is 1. The Morgan fingerprint density at radius 3 is 2.53 bits per heavy atom. The van der Waals surface area contributed by atoms with Gasteiger partial charge in [0.2, 0.25) is 0 Å². The number of halogens is 2. The molecule has 0 unspecified atom stereocenters. The van der Waals surface area contributed by atoms with Crippen LogP contribution in [0.15, 0.2) is 22.7 Å². The Labute approximate surface area is 97.4 Å². The van der Waals surface area contributed by atoms with Crippen LogP contribution in [0.25, 0.3) is 0 Å². The Bertz CT molecular complexity index is 345. The minimum absolute atomic E-state index is 0.125. The number of aliphatic hydroxyl groups is 1. The standard InChI is InChI=1S/C12H14BrFO/c13-9-3-6-12(14)11(7-9)8-1-4-10(15)5-2-8/h3,6-8,10,15H,1-2,4-5H2. The van der Waals surface area contributed by atoms with Crippen LogP contribution in [0.4, 0.5) is 4.39 Å². The first-order valence-corrected chi connectivity index (χ1v) is 6.09. The molecule has 0 saturated heterocycles. The van der Waals surface area contributed by atoms with Gasteiger partial charge in [-0.1, -0.05) is 15.9 Å². The van der Waals surface area contributed by atoms with Gasteiger partial charge in [0.25, 0.3) is 0 Å². The summed E-state index contributed by atoms with van der Waals surface area (Å²) in [5.41, 5.74) is 0.788. The van der Waals surface area contributed by atoms with Crippen molar-refractivity contribution in [2.24, 2.45) is 0 Å². The van der Waals surface area contributed by atoms with Gasteiger partial charge in [0.05, 0.1) is 6.10 Å². The van der Waals surface area contributed by atoms with Crippen molar-refractivity contribution in [1.29, 1.82) is 0 Å². The van der Waals surface area contributed by atoms with E-state index in [4.69, 9.17) is 0 Å². The molecule has 1 N–H and O–H groups in total. The van der Waals surface area contributed by atoms with E-state index in [2.05, 4.69) is 15.9 Å². The third-order valence-electron chi connectivity index (χ3n) is 3.09. The lowest BCUT2D eigenvalue weighted by atomic mass is 9.82. The summed E-state index contributed by atoms with van der Waals surface area (Å²) in [5.74, 6) is 0.144. The molecule has 1 aliphatic rings. The first-order valence-electron chi connectivity index (χ1n) is 5.30. The molecule has 0 heterocycles. The normalized spacial score (nSPS) is 26.6. The molecule has 0 aromatic heterocycles. The molecule has 15 heavy (non-hydrogen) atoms. The van der Waals surface area contributed by atoms with Gasteiger partial charge in [-0.15, -0.1) is 0 Å². The van der Waals surface area contributed by atoms with Crippen molar-refractivity contribution < 1.29 is 9.50 Å². The average molecular weight is 273 g/mol. The minimum Gasteiger partial charge on any atom is -0.393 e. The van der Waals surface area contributed by atoms with Crippen molar-refractivity contribution in [2.45, 2.75) is 37.7 Å². The first kappa shape index (κ1) is 11.1. The van der Waals surface area contributed by atoms with Crippen LogP contribution in [-0.4, -0.2) is 11.2 Å². The highest BCUT2D eigenvalue weighted by Crippen LogP contribution is 2.35. The van der Waals surface area contributed by atoms with Gasteiger partial charge in [0, 0.05) is 4.47 Å². The average Bonchev–Trinajstić information content (AvgIpc) is 2.23. The van der Waals surface area contributed by atoms with Crippen LogP contribution in [0.5, 0.6) is 0 Å². The lowest BCUT2D eigenvalue weighted by Gasteiger charge is -2.26. The van der Waals surface area contributed by atoms with Crippen LogP contribution in [0.2, 0.25) is 0 Å². The molecule has 0 radical (unpaired) electrons. The second-order valence-corrected chi connectivity index (χ2v) is 5.09. The number of benzene rings is 1. The van der Waals surface area contributed by atoms with Gasteiger partial charge in [0.1, 0.15) is 5.82 Å². The van der Waals surface area contributed by atoms with Gasteiger partial charge in [-0.25, -0.2) is 4.39 Å². The summed E-state index contributed by atoms with van der Waals surface area (Å²) in [4.78, 5) is 0. The summed E-state index contributed by atoms with van der Waals surface area (Å²) in [5, 5.41) is 9.39. The molecule has 0 amide bonds. The Hall–Kier alpha value is -0.410. The highest BCUT2D eigenvalue weighted by atomic mass is 79.9. The Morgan fingerprint density at radius 2 is 1.87 bits per heavy atom. The third kappa shape index (κ3) is 2.58. The zero-order chi connectivity index (χ0) is 10.8. The van der Waals surface area contributed by atoms with Crippen LogP contribution >= 0.6 is 15.9 Å². The number of aliphatic hydroxyl groups excluding tert-OH is 1. The van der Waals surface area contributed by atoms with Crippen molar-refractivity contribution in [3.05, 3.63) is 34.1 Å². The fraction of sp³-hybridized carbons (Fsp3) is 0.500. The SMILES string of the molecule is OC1CCC(c2cc(Br)ccc2F)CC1. The van der Waals surface area contributed by atoms with Crippen LogP contribution in [0.1, 0.15) is 37.2 Å². The summed E-state index contributed by atoms with van der Waals surface area (Å²) < 4.78 is 14.5. The number of rotatable bonds is 1. The van der Waals surface area contributed by atoms with Gasteiger partial charge in [-0.2, -0.15) is 0 Å². The summed E-state index contributed by atoms with van der Waals surface area (Å²) in [6.07, 6.45) is 3.16.